The van der Waals surface area contributed by atoms with Crippen molar-refractivity contribution in [3.63, 3.8) is 0 Å². The number of hydrogen-bond acceptors (Lipinski definition) is 5. The summed E-state index contributed by atoms with van der Waals surface area (Å²) in [6.07, 6.45) is 0.169. The van der Waals surface area contributed by atoms with E-state index in [2.05, 4.69) is 15.6 Å². The number of benzene rings is 3. The molecule has 0 atom stereocenters. The minimum atomic E-state index is -0.256. The van der Waals surface area contributed by atoms with Gasteiger partial charge in [0.1, 0.15) is 11.3 Å². The third-order valence-corrected chi connectivity index (χ3v) is 5.02. The van der Waals surface area contributed by atoms with Gasteiger partial charge in [0.05, 0.1) is 12.0 Å². The number of halogens is 1. The standard InChI is InChI=1S/C23H18ClN3O3S/c1-13-2-8-18-20(10-13)30-22(26-18)17-12-16(7-9-19(17)28)25-23(31)27-21(29)11-14-3-5-15(24)6-4-14/h2-10,12,28H,11H2,1H3,(H2,25,27,29,31). The molecule has 0 unspecified atom stereocenters. The lowest BCUT2D eigenvalue weighted by Crippen LogP contribution is -2.35. The number of phenolic OH excluding ortho intramolecular Hbond substituents is 1. The Morgan fingerprint density at radius 1 is 1.13 bits per heavy atom. The van der Waals surface area contributed by atoms with E-state index >= 15 is 0 Å². The van der Waals surface area contributed by atoms with Crippen molar-refractivity contribution in [1.82, 2.24) is 10.3 Å². The molecule has 4 rings (SSSR count). The minimum Gasteiger partial charge on any atom is -0.507 e. The smallest absolute Gasteiger partial charge is 0.231 e. The highest BCUT2D eigenvalue weighted by Gasteiger charge is 2.14. The maximum Gasteiger partial charge on any atom is 0.231 e. The second kappa shape index (κ2) is 8.75. The van der Waals surface area contributed by atoms with E-state index in [1.165, 1.54) is 6.07 Å². The summed E-state index contributed by atoms with van der Waals surface area (Å²) < 4.78 is 5.80. The molecule has 0 aliphatic carbocycles. The van der Waals surface area contributed by atoms with Gasteiger partial charge in [0, 0.05) is 10.7 Å². The van der Waals surface area contributed by atoms with Crippen molar-refractivity contribution in [1.29, 1.82) is 0 Å². The summed E-state index contributed by atoms with van der Waals surface area (Å²) in [5.41, 5.74) is 4.19. The molecule has 0 radical (unpaired) electrons. The van der Waals surface area contributed by atoms with Crippen molar-refractivity contribution in [3.8, 4) is 17.2 Å². The van der Waals surface area contributed by atoms with Crippen LogP contribution < -0.4 is 10.6 Å². The average molecular weight is 452 g/mol. The van der Waals surface area contributed by atoms with Crippen LogP contribution in [0.15, 0.2) is 65.1 Å². The van der Waals surface area contributed by atoms with Crippen molar-refractivity contribution in [3.05, 3.63) is 76.8 Å². The molecule has 0 saturated carbocycles. The number of aryl methyl sites for hydroxylation is 1. The summed E-state index contributed by atoms with van der Waals surface area (Å²) in [6.45, 7) is 1.96. The van der Waals surface area contributed by atoms with Gasteiger partial charge in [-0.25, -0.2) is 4.98 Å². The largest absolute Gasteiger partial charge is 0.507 e. The lowest BCUT2D eigenvalue weighted by molar-refractivity contribution is -0.119. The number of anilines is 1. The molecule has 0 aliphatic heterocycles. The number of carbonyl (C=O) groups is 1. The number of amides is 1. The highest BCUT2D eigenvalue weighted by Crippen LogP contribution is 2.33. The maximum atomic E-state index is 12.2. The van der Waals surface area contributed by atoms with Gasteiger partial charge in [-0.05, 0) is 72.7 Å². The highest BCUT2D eigenvalue weighted by molar-refractivity contribution is 7.80. The van der Waals surface area contributed by atoms with Gasteiger partial charge in [-0.2, -0.15) is 0 Å². The van der Waals surface area contributed by atoms with Gasteiger partial charge in [-0.15, -0.1) is 0 Å². The molecule has 3 aromatic carbocycles. The van der Waals surface area contributed by atoms with E-state index in [9.17, 15) is 9.90 Å². The number of oxazole rings is 1. The van der Waals surface area contributed by atoms with Crippen LogP contribution >= 0.6 is 23.8 Å². The van der Waals surface area contributed by atoms with E-state index in [1.54, 1.807) is 36.4 Å². The van der Waals surface area contributed by atoms with E-state index in [4.69, 9.17) is 28.2 Å². The van der Waals surface area contributed by atoms with Crippen LogP contribution in [0.1, 0.15) is 11.1 Å². The van der Waals surface area contributed by atoms with Gasteiger partial charge in [-0.3, -0.25) is 4.79 Å². The Labute approximate surface area is 188 Å². The van der Waals surface area contributed by atoms with Gasteiger partial charge >= 0.3 is 0 Å². The molecule has 0 saturated heterocycles. The number of nitrogens with zero attached hydrogens (tertiary/aromatic N) is 1. The number of aromatic hydroxyl groups is 1. The molecule has 4 aromatic rings. The quantitative estimate of drug-likeness (QED) is 0.291. The second-order valence-electron chi connectivity index (χ2n) is 7.03. The first-order chi connectivity index (χ1) is 14.9. The van der Waals surface area contributed by atoms with Crippen molar-refractivity contribution in [2.24, 2.45) is 0 Å². The fourth-order valence-electron chi connectivity index (χ4n) is 3.05. The van der Waals surface area contributed by atoms with Gasteiger partial charge in [-0.1, -0.05) is 29.8 Å². The number of rotatable bonds is 4. The van der Waals surface area contributed by atoms with E-state index in [1.807, 2.05) is 25.1 Å². The third kappa shape index (κ3) is 5.02. The Morgan fingerprint density at radius 2 is 1.90 bits per heavy atom. The number of fused-ring (bicyclic) bond motifs is 1. The predicted octanol–water partition coefficient (Wildman–Crippen LogP) is 5.22. The van der Waals surface area contributed by atoms with Crippen LogP contribution in [0.5, 0.6) is 5.75 Å². The lowest BCUT2D eigenvalue weighted by atomic mass is 10.1. The molecule has 0 bridgehead atoms. The summed E-state index contributed by atoms with van der Waals surface area (Å²) in [5.74, 6) is 0.0547. The summed E-state index contributed by atoms with van der Waals surface area (Å²) >= 11 is 11.1. The van der Waals surface area contributed by atoms with Crippen LogP contribution in [0.3, 0.4) is 0 Å². The Balaban J connectivity index is 1.46. The van der Waals surface area contributed by atoms with Gasteiger partial charge in [0.15, 0.2) is 10.7 Å². The number of thiocarbonyl (C=S) groups is 1. The van der Waals surface area contributed by atoms with Crippen LogP contribution in [-0.2, 0) is 11.2 Å². The molecule has 0 fully saturated rings. The zero-order valence-corrected chi connectivity index (χ0v) is 18.1. The number of aromatic nitrogens is 1. The van der Waals surface area contributed by atoms with Crippen LogP contribution in [0.4, 0.5) is 5.69 Å². The summed E-state index contributed by atoms with van der Waals surface area (Å²) in [5, 5.41) is 16.6. The molecule has 1 aromatic heterocycles. The zero-order chi connectivity index (χ0) is 22.0. The average Bonchev–Trinajstić information content (AvgIpc) is 3.14. The van der Waals surface area contributed by atoms with Gasteiger partial charge in [0.2, 0.25) is 11.8 Å². The Hall–Kier alpha value is -3.42. The molecule has 6 nitrogen and oxygen atoms in total. The highest BCUT2D eigenvalue weighted by atomic mass is 35.5. The topological polar surface area (TPSA) is 87.4 Å². The normalized spacial score (nSPS) is 10.8. The van der Waals surface area contributed by atoms with Crippen molar-refractivity contribution >= 4 is 51.6 Å². The summed E-state index contributed by atoms with van der Waals surface area (Å²) in [6, 6.07) is 17.5. The first-order valence-electron chi connectivity index (χ1n) is 9.43. The fourth-order valence-corrected chi connectivity index (χ4v) is 3.41. The summed E-state index contributed by atoms with van der Waals surface area (Å²) in [4.78, 5) is 16.7. The van der Waals surface area contributed by atoms with Gasteiger partial charge < -0.3 is 20.2 Å². The monoisotopic (exact) mass is 451 g/mol. The molecule has 0 spiro atoms. The Bertz CT molecular complexity index is 1290. The number of phenols is 1. The molecular weight excluding hydrogens is 434 g/mol. The zero-order valence-electron chi connectivity index (χ0n) is 16.5. The van der Waals surface area contributed by atoms with Crippen LogP contribution in [0.25, 0.3) is 22.6 Å². The van der Waals surface area contributed by atoms with Crippen molar-refractivity contribution in [2.45, 2.75) is 13.3 Å². The maximum absolute atomic E-state index is 12.2. The molecule has 0 aliphatic rings. The molecule has 1 heterocycles. The third-order valence-electron chi connectivity index (χ3n) is 4.56. The SMILES string of the molecule is Cc1ccc2nc(-c3cc(NC(=S)NC(=O)Cc4ccc(Cl)cc4)ccc3O)oc2c1. The van der Waals surface area contributed by atoms with Crippen LogP contribution in [0.2, 0.25) is 5.02 Å². The number of nitrogens with one attached hydrogen (secondary N) is 2. The molecular formula is C23H18ClN3O3S. The van der Waals surface area contributed by atoms with Crippen LogP contribution in [0, 0.1) is 6.92 Å². The molecule has 3 N–H and O–H groups in total. The van der Waals surface area contributed by atoms with E-state index in [0.717, 1.165) is 11.1 Å². The first-order valence-corrected chi connectivity index (χ1v) is 10.2. The van der Waals surface area contributed by atoms with E-state index in [-0.39, 0.29) is 23.2 Å². The Kier molecular flexibility index (Phi) is 5.88. The molecule has 1 amide bonds. The molecule has 8 heteroatoms. The van der Waals surface area contributed by atoms with Gasteiger partial charge in [0.25, 0.3) is 0 Å². The first kappa shape index (κ1) is 20.8. The van der Waals surface area contributed by atoms with E-state index in [0.29, 0.717) is 33.3 Å². The molecule has 156 valence electrons. The molecule has 31 heavy (non-hydrogen) atoms. The fraction of sp³-hybridized carbons (Fsp3) is 0.0870. The Morgan fingerprint density at radius 3 is 2.68 bits per heavy atom. The van der Waals surface area contributed by atoms with Crippen molar-refractivity contribution in [2.75, 3.05) is 5.32 Å². The predicted molar refractivity (Wildman–Crippen MR) is 125 cm³/mol. The number of hydrogen-bond donors (Lipinski definition) is 3. The van der Waals surface area contributed by atoms with Crippen molar-refractivity contribution < 1.29 is 14.3 Å². The number of carbonyl (C=O) groups excluding carboxylic acids is 1. The second-order valence-corrected chi connectivity index (χ2v) is 7.87. The summed E-state index contributed by atoms with van der Waals surface area (Å²) in [7, 11) is 0. The lowest BCUT2D eigenvalue weighted by Gasteiger charge is -2.11. The van der Waals surface area contributed by atoms with E-state index < -0.39 is 0 Å². The van der Waals surface area contributed by atoms with Crippen LogP contribution in [-0.4, -0.2) is 21.1 Å². The minimum absolute atomic E-state index is 0.0199.